The van der Waals surface area contributed by atoms with Crippen molar-refractivity contribution in [3.63, 3.8) is 0 Å². The lowest BCUT2D eigenvalue weighted by atomic mass is 9.73. The molecule has 0 aliphatic rings. The summed E-state index contributed by atoms with van der Waals surface area (Å²) in [7, 11) is 2.15. The summed E-state index contributed by atoms with van der Waals surface area (Å²) >= 11 is 6.14. The summed E-state index contributed by atoms with van der Waals surface area (Å²) < 4.78 is 15.6. The molecule has 0 bridgehead atoms. The number of halogens is 2. The zero-order chi connectivity index (χ0) is 25.4. The number of nitrogens with zero attached hydrogens (tertiary/aromatic N) is 1. The predicted molar refractivity (Wildman–Crippen MR) is 144 cm³/mol. The first-order valence-electron chi connectivity index (χ1n) is 11.8. The smallest absolute Gasteiger partial charge is 0.123 e. The Morgan fingerprint density at radius 1 is 1.00 bits per heavy atom. The molecule has 0 saturated carbocycles. The Hall–Kier alpha value is -1.15. The molecular weight excluding hydrogens is 452 g/mol. The lowest BCUT2D eigenvalue weighted by molar-refractivity contribution is 0.424. The van der Waals surface area contributed by atoms with E-state index in [2.05, 4.69) is 68.4 Å². The molecule has 2 aromatic rings. The number of phenols is 1. The molecule has 0 aliphatic carbocycles. The second kappa shape index (κ2) is 10.2. The van der Waals surface area contributed by atoms with Crippen LogP contribution in [0.15, 0.2) is 24.3 Å². The molecule has 0 aromatic heterocycles. The van der Waals surface area contributed by atoms with Gasteiger partial charge in [0.25, 0.3) is 0 Å². The van der Waals surface area contributed by atoms with Crippen molar-refractivity contribution < 1.29 is 9.50 Å². The van der Waals surface area contributed by atoms with Gasteiger partial charge in [0, 0.05) is 29.9 Å². The minimum atomic E-state index is -0.288. The number of hydrogen-bond acceptors (Lipinski definition) is 2. The quantitative estimate of drug-likeness (QED) is 0.311. The maximum atomic E-state index is 14.1. The van der Waals surface area contributed by atoms with Gasteiger partial charge in [0.1, 0.15) is 11.6 Å². The second-order valence-electron chi connectivity index (χ2n) is 11.6. The van der Waals surface area contributed by atoms with Crippen LogP contribution < -0.4 is 5.30 Å². The molecule has 0 radical (unpaired) electrons. The van der Waals surface area contributed by atoms with Gasteiger partial charge in [-0.15, -0.1) is 0 Å². The first-order valence-corrected chi connectivity index (χ1v) is 13.2. The van der Waals surface area contributed by atoms with E-state index < -0.39 is 0 Å². The highest BCUT2D eigenvalue weighted by molar-refractivity contribution is 7.48. The van der Waals surface area contributed by atoms with Gasteiger partial charge in [-0.1, -0.05) is 82.5 Å². The van der Waals surface area contributed by atoms with Crippen LogP contribution in [-0.2, 0) is 22.5 Å². The highest BCUT2D eigenvalue weighted by atomic mass is 35.5. The van der Waals surface area contributed by atoms with Gasteiger partial charge >= 0.3 is 0 Å². The van der Waals surface area contributed by atoms with E-state index in [0.29, 0.717) is 20.9 Å². The van der Waals surface area contributed by atoms with Crippen molar-refractivity contribution in [2.24, 2.45) is 0 Å². The molecule has 33 heavy (non-hydrogen) atoms. The minimum absolute atomic E-state index is 0.0505. The fraction of sp³-hybridized carbons (Fsp3) is 0.571. The maximum absolute atomic E-state index is 14.1. The third kappa shape index (κ3) is 6.50. The summed E-state index contributed by atoms with van der Waals surface area (Å²) in [6.45, 7) is 20.2. The SMILES string of the molecule is CCCC(C)(Pc1ccc(F)cc1CN(C)Cl)c1cc(C(C)(C)C)c(C)c(C(C)(C)C)c1O. The van der Waals surface area contributed by atoms with E-state index in [1.807, 2.05) is 6.07 Å². The molecule has 0 spiro atoms. The molecule has 2 nitrogen and oxygen atoms in total. The largest absolute Gasteiger partial charge is 0.507 e. The lowest BCUT2D eigenvalue weighted by Crippen LogP contribution is -2.26. The second-order valence-corrected chi connectivity index (χ2v) is 14.1. The van der Waals surface area contributed by atoms with E-state index in [0.717, 1.165) is 34.8 Å². The van der Waals surface area contributed by atoms with Crippen LogP contribution in [0.5, 0.6) is 5.75 Å². The summed E-state index contributed by atoms with van der Waals surface area (Å²) in [5, 5.41) is 12.5. The molecule has 0 saturated heterocycles. The normalized spacial score (nSPS) is 14.9. The molecule has 1 N–H and O–H groups in total. The zero-order valence-corrected chi connectivity index (χ0v) is 23.8. The Balaban J connectivity index is 2.80. The van der Waals surface area contributed by atoms with Crippen LogP contribution in [0.4, 0.5) is 4.39 Å². The minimum Gasteiger partial charge on any atom is -0.507 e. The Kier molecular flexibility index (Phi) is 8.70. The van der Waals surface area contributed by atoms with E-state index in [1.54, 1.807) is 17.5 Å². The number of hydrogen-bond donors (Lipinski definition) is 1. The van der Waals surface area contributed by atoms with E-state index >= 15 is 0 Å². The molecule has 2 unspecified atom stereocenters. The van der Waals surface area contributed by atoms with Gasteiger partial charge in [-0.05, 0) is 70.1 Å². The molecular formula is C28H42ClFNOP. The summed E-state index contributed by atoms with van der Waals surface area (Å²) in [6, 6.07) is 7.24. The topological polar surface area (TPSA) is 23.5 Å². The van der Waals surface area contributed by atoms with Crippen molar-refractivity contribution in [2.45, 2.75) is 97.7 Å². The number of aromatic hydroxyl groups is 1. The maximum Gasteiger partial charge on any atom is 0.123 e. The molecule has 0 aliphatic heterocycles. The highest BCUT2D eigenvalue weighted by Gasteiger charge is 2.36. The van der Waals surface area contributed by atoms with E-state index in [9.17, 15) is 9.50 Å². The molecule has 184 valence electrons. The van der Waals surface area contributed by atoms with Crippen LogP contribution >= 0.6 is 20.4 Å². The molecule has 0 amide bonds. The van der Waals surface area contributed by atoms with E-state index in [1.165, 1.54) is 17.2 Å². The van der Waals surface area contributed by atoms with Crippen molar-refractivity contribution in [3.05, 3.63) is 57.9 Å². The van der Waals surface area contributed by atoms with Gasteiger partial charge < -0.3 is 5.11 Å². The summed E-state index contributed by atoms with van der Waals surface area (Å²) in [5.41, 5.74) is 5.12. The van der Waals surface area contributed by atoms with Gasteiger partial charge in [0.05, 0.1) is 0 Å². The third-order valence-electron chi connectivity index (χ3n) is 6.33. The predicted octanol–water partition coefficient (Wildman–Crippen LogP) is 8.04. The fourth-order valence-electron chi connectivity index (χ4n) is 5.00. The van der Waals surface area contributed by atoms with Crippen LogP contribution in [0.1, 0.15) is 96.0 Å². The summed E-state index contributed by atoms with van der Waals surface area (Å²) in [6.07, 6.45) is 1.90. The van der Waals surface area contributed by atoms with Crippen LogP contribution in [-0.4, -0.2) is 16.6 Å². The van der Waals surface area contributed by atoms with Crippen molar-refractivity contribution in [2.75, 3.05) is 7.05 Å². The third-order valence-corrected chi connectivity index (χ3v) is 8.28. The van der Waals surface area contributed by atoms with Crippen molar-refractivity contribution in [1.29, 1.82) is 0 Å². The average Bonchev–Trinajstić information content (AvgIpc) is 2.61. The van der Waals surface area contributed by atoms with E-state index in [-0.39, 0.29) is 21.8 Å². The Morgan fingerprint density at radius 2 is 1.61 bits per heavy atom. The Morgan fingerprint density at radius 3 is 2.09 bits per heavy atom. The molecule has 2 aromatic carbocycles. The molecule has 2 rings (SSSR count). The molecule has 2 atom stereocenters. The highest BCUT2D eigenvalue weighted by Crippen LogP contribution is 2.52. The fourth-order valence-corrected chi connectivity index (χ4v) is 6.90. The van der Waals surface area contributed by atoms with Gasteiger partial charge in [-0.3, -0.25) is 0 Å². The summed E-state index contributed by atoms with van der Waals surface area (Å²) in [5.74, 6) is 0.159. The lowest BCUT2D eigenvalue weighted by Gasteiger charge is -2.37. The molecule has 5 heteroatoms. The van der Waals surface area contributed by atoms with Crippen LogP contribution in [0.25, 0.3) is 0 Å². The first-order chi connectivity index (χ1) is 15.0. The van der Waals surface area contributed by atoms with Crippen molar-refractivity contribution in [1.82, 2.24) is 4.42 Å². The molecule has 0 heterocycles. The number of phenolic OH excluding ortho intramolecular Hbond substituents is 1. The van der Waals surface area contributed by atoms with Crippen molar-refractivity contribution >= 4 is 25.7 Å². The summed E-state index contributed by atoms with van der Waals surface area (Å²) in [4.78, 5) is 0. The monoisotopic (exact) mass is 493 g/mol. The Bertz CT molecular complexity index is 991. The zero-order valence-electron chi connectivity index (χ0n) is 22.1. The average molecular weight is 494 g/mol. The van der Waals surface area contributed by atoms with Gasteiger partial charge in [-0.2, -0.15) is 0 Å². The van der Waals surface area contributed by atoms with Crippen LogP contribution in [0.3, 0.4) is 0 Å². The van der Waals surface area contributed by atoms with E-state index in [4.69, 9.17) is 11.8 Å². The van der Waals surface area contributed by atoms with Crippen LogP contribution in [0, 0.1) is 12.7 Å². The number of benzene rings is 2. The first kappa shape index (κ1) is 28.1. The Labute approximate surface area is 207 Å². The standard InChI is InChI=1S/C28H42ClFNOP/c1-11-14-28(9,33-23-13-12-20(30)15-19(23)17-31(10)29)22-16-21(26(3,4)5)18(2)24(25(22)32)27(6,7)8/h12-13,15-16,32-33H,11,14,17H2,1-10H3. The van der Waals surface area contributed by atoms with Gasteiger partial charge in [-0.25, -0.2) is 8.81 Å². The van der Waals surface area contributed by atoms with Crippen molar-refractivity contribution in [3.8, 4) is 5.75 Å². The van der Waals surface area contributed by atoms with Crippen LogP contribution in [0.2, 0.25) is 0 Å². The van der Waals surface area contributed by atoms with Gasteiger partial charge in [0.2, 0.25) is 0 Å². The van der Waals surface area contributed by atoms with Gasteiger partial charge in [0.15, 0.2) is 0 Å². The number of rotatable bonds is 7. The molecule has 0 fully saturated rings.